The molecular weight excluding hydrogens is 357 g/mol. The van der Waals surface area contributed by atoms with E-state index in [1.54, 1.807) is 44.2 Å². The standard InChI is InChI=1S/C18H24FN3O3S/c1-4-22(5-2)26(23,24)15-10-11-18(20-14-15)21(3)12-13-25-17-9-7-6-8-16(17)19/h6-11,14H,4-5,12-13H2,1-3H3. The maximum Gasteiger partial charge on any atom is 0.244 e. The quantitative estimate of drug-likeness (QED) is 0.668. The Hall–Kier alpha value is -2.19. The van der Waals surface area contributed by atoms with Crippen LogP contribution in [0.25, 0.3) is 0 Å². The van der Waals surface area contributed by atoms with Gasteiger partial charge in [0.2, 0.25) is 10.0 Å². The monoisotopic (exact) mass is 381 g/mol. The molecule has 1 heterocycles. The van der Waals surface area contributed by atoms with Gasteiger partial charge in [0.05, 0.1) is 6.54 Å². The van der Waals surface area contributed by atoms with Crippen LogP contribution in [0.5, 0.6) is 5.75 Å². The summed E-state index contributed by atoms with van der Waals surface area (Å²) in [6.45, 7) is 5.17. The molecular formula is C18H24FN3O3S. The molecule has 2 aromatic rings. The summed E-state index contributed by atoms with van der Waals surface area (Å²) < 4.78 is 45.2. The minimum absolute atomic E-state index is 0.168. The van der Waals surface area contributed by atoms with Crippen molar-refractivity contribution < 1.29 is 17.5 Å². The van der Waals surface area contributed by atoms with Gasteiger partial charge in [-0.25, -0.2) is 17.8 Å². The lowest BCUT2D eigenvalue weighted by Gasteiger charge is -2.20. The molecule has 0 fully saturated rings. The second-order valence-corrected chi connectivity index (χ2v) is 7.58. The van der Waals surface area contributed by atoms with Crippen LogP contribution >= 0.6 is 0 Å². The summed E-state index contributed by atoms with van der Waals surface area (Å²) >= 11 is 0. The van der Waals surface area contributed by atoms with E-state index in [0.717, 1.165) is 0 Å². The van der Waals surface area contributed by atoms with Gasteiger partial charge in [-0.3, -0.25) is 0 Å². The van der Waals surface area contributed by atoms with Gasteiger partial charge in [-0.15, -0.1) is 0 Å². The van der Waals surface area contributed by atoms with Crippen LogP contribution in [0, 0.1) is 5.82 Å². The molecule has 0 aliphatic carbocycles. The van der Waals surface area contributed by atoms with Crippen LogP contribution in [0.4, 0.5) is 10.2 Å². The van der Waals surface area contributed by atoms with Crippen LogP contribution < -0.4 is 9.64 Å². The number of hydrogen-bond donors (Lipinski definition) is 0. The SMILES string of the molecule is CCN(CC)S(=O)(=O)c1ccc(N(C)CCOc2ccccc2F)nc1. The number of sulfonamides is 1. The summed E-state index contributed by atoms with van der Waals surface area (Å²) in [5, 5.41) is 0. The summed E-state index contributed by atoms with van der Waals surface area (Å²) in [7, 11) is -1.70. The molecule has 0 aliphatic rings. The number of aromatic nitrogens is 1. The molecule has 0 saturated carbocycles. The van der Waals surface area contributed by atoms with Crippen LogP contribution in [0.3, 0.4) is 0 Å². The molecule has 0 aliphatic heterocycles. The number of halogens is 1. The summed E-state index contributed by atoms with van der Waals surface area (Å²) in [6, 6.07) is 9.42. The van der Waals surface area contributed by atoms with E-state index in [4.69, 9.17) is 4.74 Å². The predicted molar refractivity (Wildman–Crippen MR) is 99.5 cm³/mol. The summed E-state index contributed by atoms with van der Waals surface area (Å²) in [4.78, 5) is 6.21. The summed E-state index contributed by atoms with van der Waals surface area (Å²) in [5.74, 6) is 0.411. The van der Waals surface area contributed by atoms with Crippen molar-refractivity contribution in [2.45, 2.75) is 18.7 Å². The van der Waals surface area contributed by atoms with E-state index in [2.05, 4.69) is 4.98 Å². The zero-order valence-electron chi connectivity index (χ0n) is 15.2. The number of nitrogens with zero attached hydrogens (tertiary/aromatic N) is 3. The fourth-order valence-corrected chi connectivity index (χ4v) is 3.84. The van der Waals surface area contributed by atoms with Crippen LogP contribution in [-0.2, 0) is 10.0 Å². The van der Waals surface area contributed by atoms with E-state index in [1.165, 1.54) is 16.6 Å². The number of para-hydroxylation sites is 1. The van der Waals surface area contributed by atoms with E-state index in [9.17, 15) is 12.8 Å². The van der Waals surface area contributed by atoms with Crippen molar-refractivity contribution >= 4 is 15.8 Å². The van der Waals surface area contributed by atoms with Gasteiger partial charge in [0, 0.05) is 26.3 Å². The third-order valence-corrected chi connectivity index (χ3v) is 6.01. The maximum atomic E-state index is 13.5. The molecule has 2 rings (SSSR count). The van der Waals surface area contributed by atoms with Gasteiger partial charge in [-0.05, 0) is 24.3 Å². The lowest BCUT2D eigenvalue weighted by molar-refractivity contribution is 0.309. The first-order valence-electron chi connectivity index (χ1n) is 8.44. The average Bonchev–Trinajstić information content (AvgIpc) is 2.64. The smallest absolute Gasteiger partial charge is 0.244 e. The van der Waals surface area contributed by atoms with Gasteiger partial charge in [0.25, 0.3) is 0 Å². The van der Waals surface area contributed by atoms with Crippen molar-refractivity contribution in [1.82, 2.24) is 9.29 Å². The first-order valence-corrected chi connectivity index (χ1v) is 9.88. The number of likely N-dealkylation sites (N-methyl/N-ethyl adjacent to an activating group) is 1. The van der Waals surface area contributed by atoms with E-state index < -0.39 is 15.8 Å². The van der Waals surface area contributed by atoms with Crippen molar-refractivity contribution in [3.05, 3.63) is 48.4 Å². The Balaban J connectivity index is 1.98. The fourth-order valence-electron chi connectivity index (χ4n) is 2.43. The number of benzene rings is 1. The Morgan fingerprint density at radius 1 is 1.12 bits per heavy atom. The van der Waals surface area contributed by atoms with Gasteiger partial charge in [-0.1, -0.05) is 26.0 Å². The highest BCUT2D eigenvalue weighted by Crippen LogP contribution is 2.18. The lowest BCUT2D eigenvalue weighted by Crippen LogP contribution is -2.31. The Kier molecular flexibility index (Phi) is 6.93. The molecule has 0 amide bonds. The lowest BCUT2D eigenvalue weighted by atomic mass is 10.3. The van der Waals surface area contributed by atoms with Crippen LogP contribution in [0.2, 0.25) is 0 Å². The fraction of sp³-hybridized carbons (Fsp3) is 0.389. The highest BCUT2D eigenvalue weighted by atomic mass is 32.2. The third-order valence-electron chi connectivity index (χ3n) is 3.98. The minimum Gasteiger partial charge on any atom is -0.489 e. The number of ether oxygens (including phenoxy) is 1. The molecule has 0 unspecified atom stereocenters. The molecule has 1 aromatic carbocycles. The Labute approximate surface area is 154 Å². The van der Waals surface area contributed by atoms with Crippen molar-refractivity contribution in [3.63, 3.8) is 0 Å². The minimum atomic E-state index is -3.52. The van der Waals surface area contributed by atoms with Crippen LogP contribution in [-0.4, -0.2) is 51.0 Å². The zero-order valence-corrected chi connectivity index (χ0v) is 16.0. The van der Waals surface area contributed by atoms with Gasteiger partial charge < -0.3 is 9.64 Å². The van der Waals surface area contributed by atoms with Crippen LogP contribution in [0.1, 0.15) is 13.8 Å². The molecule has 0 radical (unpaired) electrons. The third kappa shape index (κ3) is 4.70. The molecule has 6 nitrogen and oxygen atoms in total. The van der Waals surface area contributed by atoms with Crippen molar-refractivity contribution in [2.75, 3.05) is 38.2 Å². The van der Waals surface area contributed by atoms with Crippen molar-refractivity contribution in [3.8, 4) is 5.75 Å². The van der Waals surface area contributed by atoms with E-state index in [1.807, 2.05) is 11.9 Å². The van der Waals surface area contributed by atoms with E-state index >= 15 is 0 Å². The first kappa shape index (κ1) is 20.1. The molecule has 0 atom stereocenters. The van der Waals surface area contributed by atoms with E-state index in [0.29, 0.717) is 25.5 Å². The predicted octanol–water partition coefficient (Wildman–Crippen LogP) is 2.77. The highest BCUT2D eigenvalue weighted by molar-refractivity contribution is 7.89. The first-order chi connectivity index (χ1) is 12.4. The maximum absolute atomic E-state index is 13.5. The average molecular weight is 381 g/mol. The van der Waals surface area contributed by atoms with Gasteiger partial charge in [0.1, 0.15) is 17.3 Å². The molecule has 0 saturated heterocycles. The summed E-state index contributed by atoms with van der Waals surface area (Å²) in [6.07, 6.45) is 1.36. The Morgan fingerprint density at radius 2 is 1.81 bits per heavy atom. The number of anilines is 1. The highest BCUT2D eigenvalue weighted by Gasteiger charge is 2.22. The number of hydrogen-bond acceptors (Lipinski definition) is 5. The topological polar surface area (TPSA) is 62.7 Å². The zero-order chi connectivity index (χ0) is 19.2. The Morgan fingerprint density at radius 3 is 2.38 bits per heavy atom. The van der Waals surface area contributed by atoms with Gasteiger partial charge in [-0.2, -0.15) is 4.31 Å². The largest absolute Gasteiger partial charge is 0.489 e. The number of rotatable bonds is 9. The van der Waals surface area contributed by atoms with Crippen molar-refractivity contribution in [1.29, 1.82) is 0 Å². The Bertz CT molecular complexity index is 809. The molecule has 142 valence electrons. The summed E-state index contributed by atoms with van der Waals surface area (Å²) in [5.41, 5.74) is 0. The van der Waals surface area contributed by atoms with Crippen molar-refractivity contribution in [2.24, 2.45) is 0 Å². The molecule has 8 heteroatoms. The molecule has 26 heavy (non-hydrogen) atoms. The van der Waals surface area contributed by atoms with Gasteiger partial charge in [0.15, 0.2) is 11.6 Å². The molecule has 1 aromatic heterocycles. The number of pyridine rings is 1. The molecule has 0 bridgehead atoms. The van der Waals surface area contributed by atoms with Gasteiger partial charge >= 0.3 is 0 Å². The molecule has 0 spiro atoms. The van der Waals surface area contributed by atoms with E-state index in [-0.39, 0.29) is 17.3 Å². The normalized spacial score (nSPS) is 11.6. The second-order valence-electron chi connectivity index (χ2n) is 5.64. The second kappa shape index (κ2) is 8.95. The van der Waals surface area contributed by atoms with Crippen LogP contribution in [0.15, 0.2) is 47.5 Å². The molecule has 0 N–H and O–H groups in total.